The smallest absolute Gasteiger partial charge is 0.262 e. The molecule has 1 aromatic rings. The first kappa shape index (κ1) is 15.1. The van der Waals surface area contributed by atoms with E-state index >= 15 is 0 Å². The number of aliphatic carboxylic acids is 1. The van der Waals surface area contributed by atoms with Gasteiger partial charge < -0.3 is 9.90 Å². The fourth-order valence-electron chi connectivity index (χ4n) is 6.58. The van der Waals surface area contributed by atoms with Crippen molar-refractivity contribution in [1.29, 1.82) is 0 Å². The number of hydrogen-bond acceptors (Lipinski definition) is 4. The van der Waals surface area contributed by atoms with Gasteiger partial charge in [0.25, 0.3) is 11.8 Å². The minimum atomic E-state index is -1.28. The quantitative estimate of drug-likeness (QED) is 0.785. The lowest BCUT2D eigenvalue weighted by molar-refractivity contribution is -0.316. The number of carbonyl (C=O) groups excluding carboxylic acids is 3. The van der Waals surface area contributed by atoms with Crippen LogP contribution in [0.2, 0.25) is 0 Å². The van der Waals surface area contributed by atoms with Crippen molar-refractivity contribution in [1.82, 2.24) is 4.90 Å². The normalized spacial score (nSPS) is 36.6. The molecule has 0 aromatic heterocycles. The van der Waals surface area contributed by atoms with Gasteiger partial charge in [-0.25, -0.2) is 0 Å². The zero-order valence-electron chi connectivity index (χ0n) is 13.9. The monoisotopic (exact) mass is 338 g/mol. The zero-order valence-corrected chi connectivity index (χ0v) is 13.9. The summed E-state index contributed by atoms with van der Waals surface area (Å²) in [5.74, 6) is -0.651. The van der Waals surface area contributed by atoms with Gasteiger partial charge in [0.05, 0.1) is 23.1 Å². The van der Waals surface area contributed by atoms with E-state index in [-0.39, 0.29) is 0 Å². The number of carboxylic acids is 1. The fraction of sp³-hybridized carbons (Fsp3) is 0.550. The summed E-state index contributed by atoms with van der Waals surface area (Å²) in [6.07, 6.45) is 5.89. The van der Waals surface area contributed by atoms with Crippen molar-refractivity contribution >= 4 is 17.8 Å². The Bertz CT molecular complexity index is 728. The number of benzene rings is 1. The van der Waals surface area contributed by atoms with E-state index in [4.69, 9.17) is 0 Å². The first-order valence-corrected chi connectivity index (χ1v) is 9.16. The highest BCUT2D eigenvalue weighted by molar-refractivity contribution is 6.22. The second-order valence-electron chi connectivity index (χ2n) is 8.53. The van der Waals surface area contributed by atoms with Crippen molar-refractivity contribution in [3.63, 3.8) is 0 Å². The molecule has 5 heteroatoms. The molecule has 0 saturated heterocycles. The van der Waals surface area contributed by atoms with Gasteiger partial charge in [0.1, 0.15) is 0 Å². The molecule has 5 aliphatic rings. The number of hydrogen-bond donors (Lipinski definition) is 0. The summed E-state index contributed by atoms with van der Waals surface area (Å²) in [6.45, 7) is 0. The molecule has 0 N–H and O–H groups in total. The largest absolute Gasteiger partial charge is 0.548 e. The molecule has 1 aromatic carbocycles. The number of carboxylic acid groups (broad SMARTS) is 1. The fourth-order valence-corrected chi connectivity index (χ4v) is 6.58. The van der Waals surface area contributed by atoms with Gasteiger partial charge in [-0.15, -0.1) is 0 Å². The van der Waals surface area contributed by atoms with Crippen molar-refractivity contribution in [2.24, 2.45) is 23.2 Å². The summed E-state index contributed by atoms with van der Waals surface area (Å²) in [6, 6.07) is 5.45. The Labute approximate surface area is 146 Å². The molecule has 4 aliphatic carbocycles. The highest BCUT2D eigenvalue weighted by Crippen LogP contribution is 2.62. The van der Waals surface area contributed by atoms with E-state index in [0.717, 1.165) is 24.2 Å². The van der Waals surface area contributed by atoms with Gasteiger partial charge in [-0.05, 0) is 73.8 Å². The van der Waals surface area contributed by atoms with Gasteiger partial charge in [0.15, 0.2) is 0 Å². The van der Waals surface area contributed by atoms with Gasteiger partial charge in [-0.2, -0.15) is 0 Å². The van der Waals surface area contributed by atoms with Crippen LogP contribution in [0.1, 0.15) is 59.2 Å². The Morgan fingerprint density at radius 1 is 0.960 bits per heavy atom. The van der Waals surface area contributed by atoms with E-state index in [2.05, 4.69) is 0 Å². The minimum Gasteiger partial charge on any atom is -0.548 e. The molecule has 4 bridgehead atoms. The molecule has 5 nitrogen and oxygen atoms in total. The number of rotatable bonds is 3. The molecule has 0 spiro atoms. The lowest BCUT2D eigenvalue weighted by Crippen LogP contribution is -2.63. The van der Waals surface area contributed by atoms with Crippen molar-refractivity contribution in [2.75, 3.05) is 0 Å². The van der Waals surface area contributed by atoms with Crippen LogP contribution < -0.4 is 5.11 Å². The van der Waals surface area contributed by atoms with Gasteiger partial charge in [-0.1, -0.05) is 12.1 Å². The molecule has 2 amide bonds. The zero-order chi connectivity index (χ0) is 17.3. The summed E-state index contributed by atoms with van der Waals surface area (Å²) in [4.78, 5) is 38.9. The molecule has 1 unspecified atom stereocenters. The number of amides is 2. The summed E-state index contributed by atoms with van der Waals surface area (Å²) >= 11 is 0. The molecule has 1 aliphatic heterocycles. The molecule has 1 heterocycles. The van der Waals surface area contributed by atoms with Gasteiger partial charge >= 0.3 is 0 Å². The molecule has 4 fully saturated rings. The molecule has 0 radical (unpaired) electrons. The van der Waals surface area contributed by atoms with Crippen LogP contribution in [0.4, 0.5) is 0 Å². The number of carbonyl (C=O) groups is 3. The molecule has 25 heavy (non-hydrogen) atoms. The number of imide groups is 1. The van der Waals surface area contributed by atoms with Crippen molar-refractivity contribution in [2.45, 2.75) is 44.6 Å². The standard InChI is InChI=1S/C20H21NO4/c22-17-14-3-1-2-4-15(14)18(23)21(17)16(19(24)25)20-8-11-5-12(9-20)7-13(6-11)10-20/h1-4,11-13,16H,5-10H2,(H,24,25)/p-1. The number of nitrogens with zero attached hydrogens (tertiary/aromatic N) is 1. The van der Waals surface area contributed by atoms with Crippen LogP contribution in [-0.2, 0) is 4.79 Å². The topological polar surface area (TPSA) is 77.5 Å². The third kappa shape index (κ3) is 1.98. The van der Waals surface area contributed by atoms with Gasteiger partial charge in [-0.3, -0.25) is 14.5 Å². The van der Waals surface area contributed by atoms with Crippen molar-refractivity contribution < 1.29 is 19.5 Å². The maximum Gasteiger partial charge on any atom is 0.262 e. The van der Waals surface area contributed by atoms with E-state index in [1.807, 2.05) is 0 Å². The summed E-state index contributed by atoms with van der Waals surface area (Å²) in [7, 11) is 0. The van der Waals surface area contributed by atoms with E-state index in [1.165, 1.54) is 19.3 Å². The van der Waals surface area contributed by atoms with Gasteiger partial charge in [0, 0.05) is 0 Å². The van der Waals surface area contributed by atoms with Crippen molar-refractivity contribution in [3.8, 4) is 0 Å². The molecular formula is C20H20NO4-. The van der Waals surface area contributed by atoms with Crippen LogP contribution in [-0.4, -0.2) is 28.7 Å². The lowest BCUT2D eigenvalue weighted by atomic mass is 9.47. The second kappa shape index (κ2) is 4.93. The Balaban J connectivity index is 1.58. The van der Waals surface area contributed by atoms with Crippen LogP contribution in [0, 0.1) is 23.2 Å². The van der Waals surface area contributed by atoms with E-state index in [9.17, 15) is 19.5 Å². The summed E-state index contributed by atoms with van der Waals surface area (Å²) in [5.41, 5.74) is 0.118. The predicted octanol–water partition coefficient (Wildman–Crippen LogP) is 1.62. The van der Waals surface area contributed by atoms with Crippen LogP contribution >= 0.6 is 0 Å². The Hall–Kier alpha value is -2.17. The average molecular weight is 338 g/mol. The maximum atomic E-state index is 12.9. The van der Waals surface area contributed by atoms with Crippen LogP contribution in [0.15, 0.2) is 24.3 Å². The average Bonchev–Trinajstić information content (AvgIpc) is 2.79. The lowest BCUT2D eigenvalue weighted by Gasteiger charge is -2.60. The molecule has 130 valence electrons. The Morgan fingerprint density at radius 2 is 1.40 bits per heavy atom. The highest BCUT2D eigenvalue weighted by atomic mass is 16.4. The van der Waals surface area contributed by atoms with Crippen LogP contribution in [0.25, 0.3) is 0 Å². The van der Waals surface area contributed by atoms with E-state index < -0.39 is 29.2 Å². The summed E-state index contributed by atoms with van der Waals surface area (Å²) < 4.78 is 0. The SMILES string of the molecule is O=C([O-])C(N1C(=O)c2ccccc2C1=O)C12CC3CC(CC(C3)C1)C2. The van der Waals surface area contributed by atoms with Crippen LogP contribution in [0.3, 0.4) is 0 Å². The van der Waals surface area contributed by atoms with E-state index in [0.29, 0.717) is 28.9 Å². The molecule has 4 saturated carbocycles. The Kier molecular flexibility index (Phi) is 2.98. The summed E-state index contributed by atoms with van der Waals surface area (Å²) in [5, 5.41) is 12.2. The molecule has 1 atom stereocenters. The molecule has 6 rings (SSSR count). The van der Waals surface area contributed by atoms with Gasteiger partial charge in [0.2, 0.25) is 0 Å². The number of fused-ring (bicyclic) bond motifs is 1. The first-order valence-electron chi connectivity index (χ1n) is 9.16. The Morgan fingerprint density at radius 3 is 1.80 bits per heavy atom. The van der Waals surface area contributed by atoms with Crippen molar-refractivity contribution in [3.05, 3.63) is 35.4 Å². The van der Waals surface area contributed by atoms with E-state index in [1.54, 1.807) is 24.3 Å². The third-order valence-corrected chi connectivity index (χ3v) is 6.97. The second-order valence-corrected chi connectivity index (χ2v) is 8.53. The first-order chi connectivity index (χ1) is 12.0. The maximum absolute atomic E-state index is 12.9. The molecular weight excluding hydrogens is 318 g/mol. The predicted molar refractivity (Wildman–Crippen MR) is 86.3 cm³/mol. The van der Waals surface area contributed by atoms with Crippen LogP contribution in [0.5, 0.6) is 0 Å². The highest BCUT2D eigenvalue weighted by Gasteiger charge is 2.58. The minimum absolute atomic E-state index is 0.309. The third-order valence-electron chi connectivity index (χ3n) is 6.97.